The second-order valence-corrected chi connectivity index (χ2v) is 8.46. The molecular formula is C27H25N3O6. The lowest BCUT2D eigenvalue weighted by molar-refractivity contribution is -0.129. The monoisotopic (exact) mass is 487 g/mol. The van der Waals surface area contributed by atoms with Crippen molar-refractivity contribution in [1.82, 2.24) is 14.5 Å². The Labute approximate surface area is 206 Å². The summed E-state index contributed by atoms with van der Waals surface area (Å²) < 4.78 is 13.2. The highest BCUT2D eigenvalue weighted by atomic mass is 16.5. The van der Waals surface area contributed by atoms with Crippen molar-refractivity contribution in [2.75, 3.05) is 13.2 Å². The van der Waals surface area contributed by atoms with E-state index in [4.69, 9.17) is 9.15 Å². The molecular weight excluding hydrogens is 462 g/mol. The predicted octanol–water partition coefficient (Wildman–Crippen LogP) is 4.40. The van der Waals surface area contributed by atoms with Crippen LogP contribution in [-0.4, -0.2) is 49.5 Å². The van der Waals surface area contributed by atoms with Crippen molar-refractivity contribution in [2.24, 2.45) is 0 Å². The van der Waals surface area contributed by atoms with Crippen LogP contribution in [0, 0.1) is 0 Å². The van der Waals surface area contributed by atoms with Crippen molar-refractivity contribution in [3.05, 3.63) is 89.9 Å². The lowest BCUT2D eigenvalue weighted by atomic mass is 9.94. The fraction of sp³-hybridized carbons (Fsp3) is 0.222. The van der Waals surface area contributed by atoms with Gasteiger partial charge in [0.05, 0.1) is 24.5 Å². The number of carbonyl (C=O) groups is 2. The van der Waals surface area contributed by atoms with Gasteiger partial charge >= 0.3 is 0 Å². The predicted molar refractivity (Wildman–Crippen MR) is 131 cm³/mol. The largest absolute Gasteiger partial charge is 0.504 e. The fourth-order valence-corrected chi connectivity index (χ4v) is 4.50. The summed E-state index contributed by atoms with van der Waals surface area (Å²) in [7, 11) is 0. The van der Waals surface area contributed by atoms with E-state index in [0.717, 1.165) is 5.39 Å². The summed E-state index contributed by atoms with van der Waals surface area (Å²) in [5.41, 5.74) is 0.979. The molecule has 36 heavy (non-hydrogen) atoms. The molecule has 0 radical (unpaired) electrons. The lowest BCUT2D eigenvalue weighted by Crippen LogP contribution is -2.32. The molecule has 9 nitrogen and oxygen atoms in total. The molecule has 0 aliphatic carbocycles. The first kappa shape index (κ1) is 23.2. The summed E-state index contributed by atoms with van der Waals surface area (Å²) in [6.45, 7) is 2.98. The van der Waals surface area contributed by atoms with Crippen LogP contribution in [0.3, 0.4) is 0 Å². The smallest absolute Gasteiger partial charge is 0.290 e. The summed E-state index contributed by atoms with van der Waals surface area (Å²) in [6, 6.07) is 12.6. The average molecular weight is 488 g/mol. The number of aliphatic hydroxyl groups excluding tert-OH is 1. The number of ether oxygens (including phenoxy) is 1. The number of phenols is 1. The van der Waals surface area contributed by atoms with E-state index >= 15 is 0 Å². The van der Waals surface area contributed by atoms with E-state index in [9.17, 15) is 19.8 Å². The number of hydrogen-bond donors (Lipinski definition) is 2. The summed E-state index contributed by atoms with van der Waals surface area (Å²) in [5, 5.41) is 21.8. The Morgan fingerprint density at radius 2 is 1.97 bits per heavy atom. The number of amides is 1. The number of phenolic OH excluding ortho intramolecular Hbond substituents is 1. The number of aromatic nitrogens is 2. The number of Topliss-reactive ketones (excluding diaryl/α,β-unsaturated/α-hetero) is 1. The Morgan fingerprint density at radius 3 is 2.72 bits per heavy atom. The number of aromatic hydroxyl groups is 1. The molecule has 3 heterocycles. The maximum Gasteiger partial charge on any atom is 0.290 e. The summed E-state index contributed by atoms with van der Waals surface area (Å²) in [6.07, 6.45) is 5.75. The van der Waals surface area contributed by atoms with Crippen LogP contribution in [-0.2, 0) is 11.3 Å². The maximum atomic E-state index is 13.7. The van der Waals surface area contributed by atoms with Gasteiger partial charge in [-0.2, -0.15) is 0 Å². The van der Waals surface area contributed by atoms with Gasteiger partial charge in [0.25, 0.3) is 5.91 Å². The van der Waals surface area contributed by atoms with Gasteiger partial charge in [0.15, 0.2) is 23.0 Å². The number of ketones is 1. The number of furan rings is 1. The number of benzene rings is 2. The van der Waals surface area contributed by atoms with Crippen LogP contribution in [0.4, 0.5) is 0 Å². The molecule has 9 heteroatoms. The van der Waals surface area contributed by atoms with Crippen LogP contribution < -0.4 is 4.74 Å². The van der Waals surface area contributed by atoms with Crippen molar-refractivity contribution in [2.45, 2.75) is 25.9 Å². The Balaban J connectivity index is 1.53. The minimum absolute atomic E-state index is 0.0274. The third kappa shape index (κ3) is 4.19. The van der Waals surface area contributed by atoms with Crippen molar-refractivity contribution >= 4 is 22.7 Å². The van der Waals surface area contributed by atoms with Gasteiger partial charge in [0.2, 0.25) is 5.78 Å². The van der Waals surface area contributed by atoms with E-state index < -0.39 is 23.5 Å². The highest BCUT2D eigenvalue weighted by Gasteiger charge is 2.44. The Kier molecular flexibility index (Phi) is 6.20. The van der Waals surface area contributed by atoms with Crippen LogP contribution in [0.15, 0.2) is 83.0 Å². The van der Waals surface area contributed by atoms with Crippen LogP contribution in [0.1, 0.15) is 35.5 Å². The lowest BCUT2D eigenvalue weighted by Gasteiger charge is -2.27. The van der Waals surface area contributed by atoms with Gasteiger partial charge in [-0.25, -0.2) is 4.98 Å². The number of hydrogen-bond acceptors (Lipinski definition) is 7. The highest BCUT2D eigenvalue weighted by molar-refractivity contribution is 6.16. The molecule has 2 aromatic carbocycles. The van der Waals surface area contributed by atoms with Gasteiger partial charge in [0, 0.05) is 30.9 Å². The van der Waals surface area contributed by atoms with Gasteiger partial charge in [-0.15, -0.1) is 0 Å². The summed E-state index contributed by atoms with van der Waals surface area (Å²) in [4.78, 5) is 32.4. The first-order chi connectivity index (χ1) is 17.5. The number of carbonyl (C=O) groups excluding carboxylic acids is 2. The molecule has 0 spiro atoms. The molecule has 2 N–H and O–H groups in total. The zero-order valence-electron chi connectivity index (χ0n) is 19.6. The average Bonchev–Trinajstić information content (AvgIpc) is 3.60. The molecule has 184 valence electrons. The first-order valence-electron chi connectivity index (χ1n) is 11.7. The van der Waals surface area contributed by atoms with Crippen molar-refractivity contribution < 1.29 is 29.0 Å². The molecule has 2 aromatic heterocycles. The minimum Gasteiger partial charge on any atom is -0.504 e. The number of imidazole rings is 1. The molecule has 0 unspecified atom stereocenters. The standard InChI is InChI=1S/C27H25N3O6/c1-2-35-21-15-18(8-9-19(21)31)24-23(25(32)22-14-17-6-3-4-7-20(17)36-22)26(33)27(34)30(24)12-5-11-29-13-10-28-16-29/h3-4,6-10,13-16,24,31,33H,2,5,11-12H2,1H3/t24-/m0/s1. The van der Waals surface area contributed by atoms with Crippen molar-refractivity contribution in [3.8, 4) is 11.5 Å². The third-order valence-corrected chi connectivity index (χ3v) is 6.17. The number of para-hydroxylation sites is 1. The highest BCUT2D eigenvalue weighted by Crippen LogP contribution is 2.42. The molecule has 1 amide bonds. The summed E-state index contributed by atoms with van der Waals surface area (Å²) in [5.74, 6) is -1.64. The zero-order valence-corrected chi connectivity index (χ0v) is 19.6. The van der Waals surface area contributed by atoms with E-state index in [1.807, 2.05) is 22.9 Å². The molecule has 0 saturated carbocycles. The van der Waals surface area contributed by atoms with E-state index in [1.165, 1.54) is 11.0 Å². The number of aliphatic hydroxyl groups is 1. The molecule has 4 aromatic rings. The van der Waals surface area contributed by atoms with Crippen LogP contribution >= 0.6 is 0 Å². The Morgan fingerprint density at radius 1 is 1.14 bits per heavy atom. The van der Waals surface area contributed by atoms with Crippen LogP contribution in [0.2, 0.25) is 0 Å². The quantitative estimate of drug-likeness (QED) is 0.336. The molecule has 1 atom stereocenters. The molecule has 0 fully saturated rings. The van der Waals surface area contributed by atoms with Gasteiger partial charge in [-0.05, 0) is 43.2 Å². The number of fused-ring (bicyclic) bond motifs is 1. The fourth-order valence-electron chi connectivity index (χ4n) is 4.50. The van der Waals surface area contributed by atoms with Crippen LogP contribution in [0.25, 0.3) is 11.0 Å². The normalized spacial score (nSPS) is 15.8. The Hall–Kier alpha value is -4.53. The van der Waals surface area contributed by atoms with E-state index in [2.05, 4.69) is 4.98 Å². The van der Waals surface area contributed by atoms with E-state index in [1.54, 1.807) is 49.8 Å². The molecule has 0 bridgehead atoms. The first-order valence-corrected chi connectivity index (χ1v) is 11.7. The number of rotatable bonds is 9. The van der Waals surface area contributed by atoms with Gasteiger partial charge in [-0.1, -0.05) is 24.3 Å². The third-order valence-electron chi connectivity index (χ3n) is 6.17. The molecule has 5 rings (SSSR count). The summed E-state index contributed by atoms with van der Waals surface area (Å²) >= 11 is 0. The maximum absolute atomic E-state index is 13.7. The molecule has 1 aliphatic rings. The second kappa shape index (κ2) is 9.61. The van der Waals surface area contributed by atoms with Gasteiger partial charge in [0.1, 0.15) is 5.58 Å². The second-order valence-electron chi connectivity index (χ2n) is 8.46. The topological polar surface area (TPSA) is 118 Å². The van der Waals surface area contributed by atoms with Gasteiger partial charge < -0.3 is 28.8 Å². The SMILES string of the molecule is CCOc1cc([C@H]2C(C(=O)c3cc4ccccc4o3)=C(O)C(=O)N2CCCn2ccnc2)ccc1O. The van der Waals surface area contributed by atoms with Crippen LogP contribution in [0.5, 0.6) is 11.5 Å². The number of nitrogens with zero attached hydrogens (tertiary/aromatic N) is 3. The molecule has 1 aliphatic heterocycles. The van der Waals surface area contributed by atoms with E-state index in [-0.39, 0.29) is 29.4 Å². The van der Waals surface area contributed by atoms with E-state index in [0.29, 0.717) is 30.7 Å². The van der Waals surface area contributed by atoms with Crippen molar-refractivity contribution in [3.63, 3.8) is 0 Å². The van der Waals surface area contributed by atoms with Crippen molar-refractivity contribution in [1.29, 1.82) is 0 Å². The minimum atomic E-state index is -0.888. The number of aryl methyl sites for hydroxylation is 1. The van der Waals surface area contributed by atoms with Gasteiger partial charge in [-0.3, -0.25) is 9.59 Å². The zero-order chi connectivity index (χ0) is 25.2. The molecule has 0 saturated heterocycles. The Bertz CT molecular complexity index is 1420.